The highest BCUT2D eigenvalue weighted by atomic mass is 32.2. The van der Waals surface area contributed by atoms with Gasteiger partial charge in [0.2, 0.25) is 11.1 Å². The SMILES string of the molecule is COc1ccc2cc(CN(C)C(=O)CSc3nnc(COc4c(C)cccc4C)n3N)ccc2c1. The summed E-state index contributed by atoms with van der Waals surface area (Å²) in [5.74, 6) is 8.46. The smallest absolute Gasteiger partial charge is 0.233 e. The van der Waals surface area contributed by atoms with Crippen LogP contribution in [0.15, 0.2) is 59.8 Å². The minimum absolute atomic E-state index is 0.0267. The molecule has 0 saturated carbocycles. The van der Waals surface area contributed by atoms with Crippen LogP contribution in [0.25, 0.3) is 10.8 Å². The third-order valence-corrected chi connectivity index (χ3v) is 6.70. The zero-order valence-electron chi connectivity index (χ0n) is 20.3. The van der Waals surface area contributed by atoms with Gasteiger partial charge in [-0.3, -0.25) is 4.79 Å². The van der Waals surface area contributed by atoms with E-state index < -0.39 is 0 Å². The molecule has 0 atom stereocenters. The number of methoxy groups -OCH3 is 1. The summed E-state index contributed by atoms with van der Waals surface area (Å²) in [6, 6.07) is 18.1. The Morgan fingerprint density at radius 1 is 1.06 bits per heavy atom. The molecule has 0 fully saturated rings. The number of benzene rings is 3. The van der Waals surface area contributed by atoms with Crippen LogP contribution < -0.4 is 15.3 Å². The van der Waals surface area contributed by atoms with E-state index in [9.17, 15) is 4.79 Å². The first-order chi connectivity index (χ1) is 16.9. The Morgan fingerprint density at radius 2 is 1.77 bits per heavy atom. The lowest BCUT2D eigenvalue weighted by Crippen LogP contribution is -2.28. The second-order valence-electron chi connectivity index (χ2n) is 8.36. The zero-order chi connectivity index (χ0) is 24.9. The van der Waals surface area contributed by atoms with Gasteiger partial charge in [0.15, 0.2) is 5.82 Å². The molecule has 1 heterocycles. The number of hydrogen-bond acceptors (Lipinski definition) is 7. The monoisotopic (exact) mass is 491 g/mol. The number of carbonyl (C=O) groups excluding carboxylic acids is 1. The molecule has 0 aliphatic rings. The molecule has 3 aromatic carbocycles. The molecule has 0 unspecified atom stereocenters. The summed E-state index contributed by atoms with van der Waals surface area (Å²) in [6.07, 6.45) is 0. The van der Waals surface area contributed by atoms with Crippen molar-refractivity contribution in [3.8, 4) is 11.5 Å². The standard InChI is InChI=1S/C26H29N5O3S/c1-17-6-5-7-18(2)25(17)34-15-23-28-29-26(31(23)27)35-16-24(32)30(3)14-19-8-9-21-13-22(33-4)11-10-20(21)12-19/h5-13H,14-16,27H2,1-4H3. The van der Waals surface area contributed by atoms with E-state index >= 15 is 0 Å². The number of para-hydroxylation sites is 1. The highest BCUT2D eigenvalue weighted by molar-refractivity contribution is 7.99. The van der Waals surface area contributed by atoms with E-state index in [4.69, 9.17) is 15.3 Å². The average molecular weight is 492 g/mol. The molecule has 0 radical (unpaired) electrons. The second-order valence-corrected chi connectivity index (χ2v) is 9.31. The molecular weight excluding hydrogens is 462 g/mol. The number of ether oxygens (including phenoxy) is 2. The molecule has 35 heavy (non-hydrogen) atoms. The molecular formula is C26H29N5O3S. The summed E-state index contributed by atoms with van der Waals surface area (Å²) in [7, 11) is 3.44. The van der Waals surface area contributed by atoms with E-state index in [1.54, 1.807) is 19.1 Å². The molecule has 9 heteroatoms. The summed E-state index contributed by atoms with van der Waals surface area (Å²) in [5.41, 5.74) is 3.14. The van der Waals surface area contributed by atoms with Crippen molar-refractivity contribution in [1.82, 2.24) is 19.8 Å². The van der Waals surface area contributed by atoms with Crippen molar-refractivity contribution in [3.63, 3.8) is 0 Å². The number of thioether (sulfide) groups is 1. The van der Waals surface area contributed by atoms with Crippen LogP contribution in [-0.4, -0.2) is 45.6 Å². The Hall–Kier alpha value is -3.72. The quantitative estimate of drug-likeness (QED) is 0.278. The lowest BCUT2D eigenvalue weighted by molar-refractivity contribution is -0.127. The Balaban J connectivity index is 1.32. The number of nitrogens with zero attached hydrogens (tertiary/aromatic N) is 4. The van der Waals surface area contributed by atoms with Crippen molar-refractivity contribution in [3.05, 3.63) is 77.1 Å². The Kier molecular flexibility index (Phi) is 7.45. The fourth-order valence-electron chi connectivity index (χ4n) is 3.76. The molecule has 4 aromatic rings. The van der Waals surface area contributed by atoms with Crippen molar-refractivity contribution in [2.24, 2.45) is 0 Å². The number of amides is 1. The van der Waals surface area contributed by atoms with Gasteiger partial charge in [0, 0.05) is 13.6 Å². The fourth-order valence-corrected chi connectivity index (χ4v) is 4.58. The van der Waals surface area contributed by atoms with Crippen LogP contribution in [0.1, 0.15) is 22.5 Å². The van der Waals surface area contributed by atoms with Gasteiger partial charge in [-0.1, -0.05) is 48.2 Å². The summed E-state index contributed by atoms with van der Waals surface area (Å²) in [4.78, 5) is 14.4. The first kappa shape index (κ1) is 24.4. The summed E-state index contributed by atoms with van der Waals surface area (Å²) < 4.78 is 12.6. The van der Waals surface area contributed by atoms with Crippen molar-refractivity contribution >= 4 is 28.4 Å². The fraction of sp³-hybridized carbons (Fsp3) is 0.269. The summed E-state index contributed by atoms with van der Waals surface area (Å²) >= 11 is 1.25. The molecule has 1 aromatic heterocycles. The van der Waals surface area contributed by atoms with Crippen LogP contribution in [0.5, 0.6) is 11.5 Å². The van der Waals surface area contributed by atoms with E-state index in [-0.39, 0.29) is 18.3 Å². The lowest BCUT2D eigenvalue weighted by Gasteiger charge is -2.17. The topological polar surface area (TPSA) is 95.5 Å². The largest absolute Gasteiger partial charge is 0.497 e. The maximum Gasteiger partial charge on any atom is 0.233 e. The summed E-state index contributed by atoms with van der Waals surface area (Å²) in [6.45, 7) is 4.69. The maximum absolute atomic E-state index is 12.7. The third-order valence-electron chi connectivity index (χ3n) is 5.77. The number of carbonyl (C=O) groups is 1. The molecule has 0 bridgehead atoms. The predicted octanol–water partition coefficient (Wildman–Crippen LogP) is 4.10. The van der Waals surface area contributed by atoms with Crippen molar-refractivity contribution in [2.45, 2.75) is 32.2 Å². The van der Waals surface area contributed by atoms with Gasteiger partial charge in [-0.2, -0.15) is 0 Å². The van der Waals surface area contributed by atoms with Gasteiger partial charge in [-0.25, -0.2) is 4.68 Å². The predicted molar refractivity (Wildman–Crippen MR) is 138 cm³/mol. The average Bonchev–Trinajstić information content (AvgIpc) is 3.20. The van der Waals surface area contributed by atoms with Crippen molar-refractivity contribution in [2.75, 3.05) is 25.8 Å². The van der Waals surface area contributed by atoms with Crippen LogP contribution >= 0.6 is 11.8 Å². The summed E-state index contributed by atoms with van der Waals surface area (Å²) in [5, 5.41) is 10.9. The van der Waals surface area contributed by atoms with Gasteiger partial charge in [-0.05, 0) is 59.5 Å². The lowest BCUT2D eigenvalue weighted by atomic mass is 10.1. The van der Waals surface area contributed by atoms with Crippen molar-refractivity contribution in [1.29, 1.82) is 0 Å². The van der Waals surface area contributed by atoms with E-state index in [0.717, 1.165) is 39.0 Å². The maximum atomic E-state index is 12.7. The number of rotatable bonds is 9. The molecule has 2 N–H and O–H groups in total. The normalized spacial score (nSPS) is 11.0. The molecule has 0 spiro atoms. The molecule has 182 valence electrons. The Labute approximate surface area is 209 Å². The third kappa shape index (κ3) is 5.68. The minimum atomic E-state index is -0.0267. The minimum Gasteiger partial charge on any atom is -0.497 e. The van der Waals surface area contributed by atoms with E-state index in [1.807, 2.05) is 62.4 Å². The van der Waals surface area contributed by atoms with Crippen LogP contribution in [0, 0.1) is 13.8 Å². The van der Waals surface area contributed by atoms with Crippen LogP contribution in [-0.2, 0) is 17.9 Å². The first-order valence-corrected chi connectivity index (χ1v) is 12.2. The van der Waals surface area contributed by atoms with E-state index in [0.29, 0.717) is 17.5 Å². The van der Waals surface area contributed by atoms with E-state index in [2.05, 4.69) is 16.3 Å². The second kappa shape index (κ2) is 10.7. The number of aryl methyl sites for hydroxylation is 2. The van der Waals surface area contributed by atoms with E-state index in [1.165, 1.54) is 16.4 Å². The van der Waals surface area contributed by atoms with Gasteiger partial charge in [-0.15, -0.1) is 10.2 Å². The number of fused-ring (bicyclic) bond motifs is 1. The van der Waals surface area contributed by atoms with Gasteiger partial charge >= 0.3 is 0 Å². The first-order valence-electron chi connectivity index (χ1n) is 11.2. The van der Waals surface area contributed by atoms with Crippen LogP contribution in [0.2, 0.25) is 0 Å². The molecule has 1 amide bonds. The molecule has 4 rings (SSSR count). The number of nitrogen functional groups attached to an aromatic ring is 1. The number of aromatic nitrogens is 3. The number of hydrogen-bond donors (Lipinski definition) is 1. The molecule has 0 aliphatic heterocycles. The molecule has 0 saturated heterocycles. The number of nitrogens with two attached hydrogens (primary N) is 1. The van der Waals surface area contributed by atoms with Gasteiger partial charge < -0.3 is 20.2 Å². The zero-order valence-corrected chi connectivity index (χ0v) is 21.1. The Morgan fingerprint density at radius 3 is 2.51 bits per heavy atom. The van der Waals surface area contributed by atoms with Gasteiger partial charge in [0.25, 0.3) is 0 Å². The van der Waals surface area contributed by atoms with Crippen LogP contribution in [0.4, 0.5) is 0 Å². The van der Waals surface area contributed by atoms with Gasteiger partial charge in [0.05, 0.1) is 12.9 Å². The van der Waals surface area contributed by atoms with Gasteiger partial charge in [0.1, 0.15) is 18.1 Å². The highest BCUT2D eigenvalue weighted by Gasteiger charge is 2.16. The molecule has 8 nitrogen and oxygen atoms in total. The van der Waals surface area contributed by atoms with Crippen LogP contribution in [0.3, 0.4) is 0 Å². The Bertz CT molecular complexity index is 1330. The highest BCUT2D eigenvalue weighted by Crippen LogP contribution is 2.24. The van der Waals surface area contributed by atoms with Crippen molar-refractivity contribution < 1.29 is 14.3 Å². The molecule has 0 aliphatic carbocycles.